The molecule has 0 aliphatic rings. The summed E-state index contributed by atoms with van der Waals surface area (Å²) < 4.78 is 18.9. The van der Waals surface area contributed by atoms with Gasteiger partial charge in [-0.1, -0.05) is 30.3 Å². The minimum Gasteiger partial charge on any atom is -0.493 e. The van der Waals surface area contributed by atoms with Crippen molar-refractivity contribution < 1.29 is 19.0 Å². The normalized spacial score (nSPS) is 11.8. The maximum absolute atomic E-state index is 13.0. The van der Waals surface area contributed by atoms with E-state index in [1.807, 2.05) is 31.2 Å². The number of carbonyl (C=O) groups excluding carboxylic acids is 1. The standard InChI is InChI=1S/C29H33N3O4/c1-19-10-8-11-20(2)27(19)36-17-9-16-32-24-13-7-6-12-23(24)31-28(32)21(3)30-29(33)22-14-15-25(34-4)26(18-22)35-5/h6-8,10-15,18,21H,9,16-17H2,1-5H3,(H,30,33). The first-order chi connectivity index (χ1) is 17.4. The van der Waals surface area contributed by atoms with Crippen LogP contribution in [-0.4, -0.2) is 36.3 Å². The molecule has 0 fully saturated rings. The van der Waals surface area contributed by atoms with Crippen molar-refractivity contribution in [1.29, 1.82) is 0 Å². The number of ether oxygens (including phenoxy) is 3. The fourth-order valence-electron chi connectivity index (χ4n) is 4.41. The highest BCUT2D eigenvalue weighted by molar-refractivity contribution is 5.95. The zero-order valence-electron chi connectivity index (χ0n) is 21.5. The molecule has 1 aromatic heterocycles. The molecule has 0 bridgehead atoms. The van der Waals surface area contributed by atoms with Crippen LogP contribution in [0.5, 0.6) is 17.2 Å². The lowest BCUT2D eigenvalue weighted by molar-refractivity contribution is 0.0937. The van der Waals surface area contributed by atoms with Crippen molar-refractivity contribution in [2.45, 2.75) is 39.8 Å². The number of aromatic nitrogens is 2. The minimum atomic E-state index is -0.308. The molecule has 0 saturated carbocycles. The van der Waals surface area contributed by atoms with Crippen molar-refractivity contribution in [3.63, 3.8) is 0 Å². The van der Waals surface area contributed by atoms with E-state index in [-0.39, 0.29) is 11.9 Å². The SMILES string of the molecule is COc1ccc(C(=O)NC(C)c2nc3ccccc3n2CCCOc2c(C)cccc2C)cc1OC. The van der Waals surface area contributed by atoms with Crippen LogP contribution >= 0.6 is 0 Å². The summed E-state index contributed by atoms with van der Waals surface area (Å²) in [5.74, 6) is 2.63. The number of nitrogens with zero attached hydrogens (tertiary/aromatic N) is 2. The maximum atomic E-state index is 13.0. The second kappa shape index (κ2) is 11.2. The van der Waals surface area contributed by atoms with Crippen LogP contribution in [0.1, 0.15) is 46.7 Å². The van der Waals surface area contributed by atoms with Crippen LogP contribution in [0.4, 0.5) is 0 Å². The molecule has 1 amide bonds. The predicted molar refractivity (Wildman–Crippen MR) is 141 cm³/mol. The Morgan fingerprint density at radius 3 is 2.42 bits per heavy atom. The average molecular weight is 488 g/mol. The number of aryl methyl sites for hydroxylation is 3. The van der Waals surface area contributed by atoms with Gasteiger partial charge < -0.3 is 24.1 Å². The third kappa shape index (κ3) is 5.30. The van der Waals surface area contributed by atoms with E-state index in [0.717, 1.165) is 46.7 Å². The largest absolute Gasteiger partial charge is 0.493 e. The first kappa shape index (κ1) is 25.1. The molecule has 1 unspecified atom stereocenters. The molecule has 1 atom stereocenters. The van der Waals surface area contributed by atoms with Gasteiger partial charge in [-0.05, 0) is 68.7 Å². The smallest absolute Gasteiger partial charge is 0.251 e. The maximum Gasteiger partial charge on any atom is 0.251 e. The lowest BCUT2D eigenvalue weighted by Gasteiger charge is -2.17. The van der Waals surface area contributed by atoms with Crippen molar-refractivity contribution in [2.75, 3.05) is 20.8 Å². The predicted octanol–water partition coefficient (Wildman–Crippen LogP) is 5.63. The van der Waals surface area contributed by atoms with E-state index in [4.69, 9.17) is 19.2 Å². The molecular weight excluding hydrogens is 454 g/mol. The third-order valence-electron chi connectivity index (χ3n) is 6.25. The van der Waals surface area contributed by atoms with E-state index in [1.165, 1.54) is 0 Å². The van der Waals surface area contributed by atoms with E-state index in [0.29, 0.717) is 23.7 Å². The number of hydrogen-bond acceptors (Lipinski definition) is 5. The van der Waals surface area contributed by atoms with Crippen molar-refractivity contribution in [1.82, 2.24) is 14.9 Å². The van der Waals surface area contributed by atoms with Gasteiger partial charge in [-0.25, -0.2) is 4.98 Å². The average Bonchev–Trinajstić information content (AvgIpc) is 3.26. The van der Waals surface area contributed by atoms with Gasteiger partial charge in [0.25, 0.3) is 5.91 Å². The summed E-state index contributed by atoms with van der Waals surface area (Å²) in [6.45, 7) is 7.38. The number of para-hydroxylation sites is 3. The zero-order chi connectivity index (χ0) is 25.7. The summed E-state index contributed by atoms with van der Waals surface area (Å²) in [4.78, 5) is 17.9. The molecule has 4 aromatic rings. The molecule has 0 radical (unpaired) electrons. The summed E-state index contributed by atoms with van der Waals surface area (Å²) in [6, 6.07) is 19.0. The number of amides is 1. The van der Waals surface area contributed by atoms with Gasteiger partial charge in [0.2, 0.25) is 0 Å². The number of rotatable bonds is 10. The molecule has 1 heterocycles. The minimum absolute atomic E-state index is 0.208. The Morgan fingerprint density at radius 2 is 1.69 bits per heavy atom. The fraction of sp³-hybridized carbons (Fsp3) is 0.310. The molecular formula is C29H33N3O4. The molecule has 0 aliphatic carbocycles. The van der Waals surface area contributed by atoms with Gasteiger partial charge in [0.15, 0.2) is 11.5 Å². The molecule has 0 spiro atoms. The second-order valence-corrected chi connectivity index (χ2v) is 8.80. The molecule has 7 nitrogen and oxygen atoms in total. The summed E-state index contributed by atoms with van der Waals surface area (Å²) in [5.41, 5.74) is 4.69. The van der Waals surface area contributed by atoms with Crippen molar-refractivity contribution in [2.24, 2.45) is 0 Å². The van der Waals surface area contributed by atoms with Gasteiger partial charge in [-0.2, -0.15) is 0 Å². The number of hydrogen-bond donors (Lipinski definition) is 1. The zero-order valence-corrected chi connectivity index (χ0v) is 21.5. The van der Waals surface area contributed by atoms with Crippen molar-refractivity contribution in [3.8, 4) is 17.2 Å². The van der Waals surface area contributed by atoms with E-state index in [1.54, 1.807) is 32.4 Å². The second-order valence-electron chi connectivity index (χ2n) is 8.80. The monoisotopic (exact) mass is 487 g/mol. The van der Waals surface area contributed by atoms with Crippen LogP contribution in [0, 0.1) is 13.8 Å². The molecule has 4 rings (SSSR count). The van der Waals surface area contributed by atoms with Gasteiger partial charge in [0.05, 0.1) is 37.9 Å². The number of imidazole rings is 1. The first-order valence-corrected chi connectivity index (χ1v) is 12.1. The van der Waals surface area contributed by atoms with E-state index < -0.39 is 0 Å². The quantitative estimate of drug-likeness (QED) is 0.294. The van der Waals surface area contributed by atoms with Crippen molar-refractivity contribution >= 4 is 16.9 Å². The summed E-state index contributed by atoms with van der Waals surface area (Å²) in [5, 5.41) is 3.08. The summed E-state index contributed by atoms with van der Waals surface area (Å²) >= 11 is 0. The third-order valence-corrected chi connectivity index (χ3v) is 6.25. The Balaban J connectivity index is 1.50. The first-order valence-electron chi connectivity index (χ1n) is 12.1. The van der Waals surface area contributed by atoms with Crippen molar-refractivity contribution in [3.05, 3.63) is 83.2 Å². The molecule has 7 heteroatoms. The topological polar surface area (TPSA) is 74.6 Å². The number of benzene rings is 3. The van der Waals surface area contributed by atoms with E-state index >= 15 is 0 Å². The van der Waals surface area contributed by atoms with Gasteiger partial charge >= 0.3 is 0 Å². The van der Waals surface area contributed by atoms with Gasteiger partial charge in [-0.3, -0.25) is 4.79 Å². The molecule has 0 saturated heterocycles. The number of carbonyl (C=O) groups is 1. The Kier molecular flexibility index (Phi) is 7.78. The van der Waals surface area contributed by atoms with Gasteiger partial charge in [-0.15, -0.1) is 0 Å². The Hall–Kier alpha value is -4.00. The van der Waals surface area contributed by atoms with Crippen LogP contribution in [-0.2, 0) is 6.54 Å². The molecule has 3 aromatic carbocycles. The molecule has 0 aliphatic heterocycles. The highest BCUT2D eigenvalue weighted by Gasteiger charge is 2.20. The summed E-state index contributed by atoms with van der Waals surface area (Å²) in [6.07, 6.45) is 0.803. The number of methoxy groups -OCH3 is 2. The Labute approximate surface area is 212 Å². The lowest BCUT2D eigenvalue weighted by atomic mass is 10.1. The highest BCUT2D eigenvalue weighted by atomic mass is 16.5. The van der Waals surface area contributed by atoms with Crippen LogP contribution in [0.25, 0.3) is 11.0 Å². The lowest BCUT2D eigenvalue weighted by Crippen LogP contribution is -2.29. The van der Waals surface area contributed by atoms with E-state index in [9.17, 15) is 4.79 Å². The Bertz CT molecular complexity index is 1340. The molecule has 188 valence electrons. The van der Waals surface area contributed by atoms with Crippen LogP contribution < -0.4 is 19.5 Å². The van der Waals surface area contributed by atoms with Gasteiger partial charge in [0.1, 0.15) is 11.6 Å². The fourth-order valence-corrected chi connectivity index (χ4v) is 4.41. The number of nitrogens with one attached hydrogen (secondary N) is 1. The number of fused-ring (bicyclic) bond motifs is 1. The van der Waals surface area contributed by atoms with Crippen LogP contribution in [0.3, 0.4) is 0 Å². The Morgan fingerprint density at radius 1 is 0.972 bits per heavy atom. The molecule has 36 heavy (non-hydrogen) atoms. The van der Waals surface area contributed by atoms with Gasteiger partial charge in [0, 0.05) is 12.1 Å². The van der Waals surface area contributed by atoms with Crippen LogP contribution in [0.2, 0.25) is 0 Å². The summed E-state index contributed by atoms with van der Waals surface area (Å²) in [7, 11) is 3.12. The van der Waals surface area contributed by atoms with Crippen LogP contribution in [0.15, 0.2) is 60.7 Å². The highest BCUT2D eigenvalue weighted by Crippen LogP contribution is 2.28. The molecule has 1 N–H and O–H groups in total. The van der Waals surface area contributed by atoms with E-state index in [2.05, 4.69) is 41.9 Å².